The molecule has 1 aliphatic carbocycles. The van der Waals surface area contributed by atoms with E-state index in [1.807, 2.05) is 67.6 Å². The van der Waals surface area contributed by atoms with Gasteiger partial charge in [-0.25, -0.2) is 4.98 Å². The maximum absolute atomic E-state index is 13.7. The van der Waals surface area contributed by atoms with Crippen LogP contribution in [0.2, 0.25) is 0 Å². The number of ketones is 1. The molecular weight excluding hydrogens is 438 g/mol. The minimum absolute atomic E-state index is 0.0593. The standard InChI is InChI=1S/C29H27N3O3/c1-18-26(29(34)32-25-10-6-7-15-30-25)27(20-8-4-3-5-9-20)28-23(31-18)16-21(17-24(28)33)19-11-13-22(35-2)14-12-19/h3-15,21,27,31H,16-17H2,1-2H3,(H,30,32,34). The summed E-state index contributed by atoms with van der Waals surface area (Å²) in [5, 5.41) is 6.32. The summed E-state index contributed by atoms with van der Waals surface area (Å²) in [6.07, 6.45) is 2.73. The highest BCUT2D eigenvalue weighted by Gasteiger charge is 2.40. The van der Waals surface area contributed by atoms with Crippen LogP contribution in [0.3, 0.4) is 0 Å². The zero-order valence-electron chi connectivity index (χ0n) is 19.7. The van der Waals surface area contributed by atoms with Crippen LogP contribution < -0.4 is 15.4 Å². The summed E-state index contributed by atoms with van der Waals surface area (Å²) in [5.74, 6) is 0.675. The number of anilines is 1. The Morgan fingerprint density at radius 3 is 2.40 bits per heavy atom. The SMILES string of the molecule is COc1ccc(C2CC(=O)C3=C(C2)NC(C)=C(C(=O)Nc2ccccn2)C3c2ccccc2)cc1. The van der Waals surface area contributed by atoms with E-state index in [9.17, 15) is 9.59 Å². The summed E-state index contributed by atoms with van der Waals surface area (Å²) in [6.45, 7) is 1.90. The lowest BCUT2D eigenvalue weighted by Gasteiger charge is -2.37. The molecule has 1 aromatic heterocycles. The quantitative estimate of drug-likeness (QED) is 0.549. The van der Waals surface area contributed by atoms with Gasteiger partial charge in [-0.15, -0.1) is 0 Å². The fourth-order valence-electron chi connectivity index (χ4n) is 5.05. The molecule has 35 heavy (non-hydrogen) atoms. The van der Waals surface area contributed by atoms with Gasteiger partial charge in [0, 0.05) is 41.1 Å². The van der Waals surface area contributed by atoms with Crippen LogP contribution in [0.5, 0.6) is 5.75 Å². The Bertz CT molecular complexity index is 1310. The van der Waals surface area contributed by atoms with Crippen LogP contribution in [0.1, 0.15) is 42.7 Å². The van der Waals surface area contributed by atoms with Crippen LogP contribution in [-0.4, -0.2) is 23.8 Å². The molecule has 1 aliphatic heterocycles. The predicted octanol–water partition coefficient (Wildman–Crippen LogP) is 5.09. The number of hydrogen-bond acceptors (Lipinski definition) is 5. The van der Waals surface area contributed by atoms with Gasteiger partial charge in [0.2, 0.25) is 0 Å². The number of methoxy groups -OCH3 is 1. The van der Waals surface area contributed by atoms with Crippen LogP contribution in [0.15, 0.2) is 102 Å². The summed E-state index contributed by atoms with van der Waals surface area (Å²) >= 11 is 0. The number of amides is 1. The average molecular weight is 466 g/mol. The third kappa shape index (κ3) is 4.47. The Labute approximate surface area is 204 Å². The number of nitrogens with zero attached hydrogens (tertiary/aromatic N) is 1. The van der Waals surface area contributed by atoms with E-state index in [1.54, 1.807) is 25.4 Å². The molecule has 0 radical (unpaired) electrons. The van der Waals surface area contributed by atoms with Crippen LogP contribution in [-0.2, 0) is 9.59 Å². The number of pyridine rings is 1. The second kappa shape index (κ2) is 9.58. The minimum Gasteiger partial charge on any atom is -0.497 e. The first-order chi connectivity index (χ1) is 17.0. The maximum atomic E-state index is 13.7. The molecular formula is C29H27N3O3. The number of ether oxygens (including phenoxy) is 1. The summed E-state index contributed by atoms with van der Waals surface area (Å²) in [7, 11) is 1.64. The molecule has 0 spiro atoms. The van der Waals surface area contributed by atoms with Crippen molar-refractivity contribution in [1.82, 2.24) is 10.3 Å². The highest BCUT2D eigenvalue weighted by Crippen LogP contribution is 2.45. The Morgan fingerprint density at radius 2 is 1.71 bits per heavy atom. The molecule has 0 fully saturated rings. The topological polar surface area (TPSA) is 80.3 Å². The molecule has 2 N–H and O–H groups in total. The zero-order valence-corrected chi connectivity index (χ0v) is 19.7. The number of aromatic nitrogens is 1. The van der Waals surface area contributed by atoms with Crippen molar-refractivity contribution < 1.29 is 14.3 Å². The van der Waals surface area contributed by atoms with Gasteiger partial charge in [0.05, 0.1) is 7.11 Å². The highest BCUT2D eigenvalue weighted by molar-refractivity contribution is 6.09. The molecule has 176 valence electrons. The number of benzene rings is 2. The summed E-state index contributed by atoms with van der Waals surface area (Å²) in [5.41, 5.74) is 4.87. The second-order valence-corrected chi connectivity index (χ2v) is 8.87. The van der Waals surface area contributed by atoms with Gasteiger partial charge in [0.15, 0.2) is 5.78 Å². The molecule has 0 bridgehead atoms. The first kappa shape index (κ1) is 22.6. The number of carbonyl (C=O) groups excluding carboxylic acids is 2. The van der Waals surface area contributed by atoms with E-state index in [1.165, 1.54) is 0 Å². The number of hydrogen-bond donors (Lipinski definition) is 2. The van der Waals surface area contributed by atoms with E-state index in [0.29, 0.717) is 29.8 Å². The van der Waals surface area contributed by atoms with E-state index in [-0.39, 0.29) is 17.6 Å². The fraction of sp³-hybridized carbons (Fsp3) is 0.207. The van der Waals surface area contributed by atoms with Crippen molar-refractivity contribution in [1.29, 1.82) is 0 Å². The number of carbonyl (C=O) groups is 2. The highest BCUT2D eigenvalue weighted by atomic mass is 16.5. The van der Waals surface area contributed by atoms with Gasteiger partial charge < -0.3 is 15.4 Å². The largest absolute Gasteiger partial charge is 0.497 e. The van der Waals surface area contributed by atoms with Gasteiger partial charge in [-0.1, -0.05) is 48.5 Å². The molecule has 2 unspecified atom stereocenters. The predicted molar refractivity (Wildman–Crippen MR) is 135 cm³/mol. The van der Waals surface area contributed by atoms with E-state index in [0.717, 1.165) is 28.3 Å². The Kier molecular flexibility index (Phi) is 6.19. The lowest BCUT2D eigenvalue weighted by molar-refractivity contribution is -0.116. The number of rotatable bonds is 5. The molecule has 1 amide bonds. The fourth-order valence-corrected chi connectivity index (χ4v) is 5.05. The summed E-state index contributed by atoms with van der Waals surface area (Å²) in [6, 6.07) is 23.0. The first-order valence-electron chi connectivity index (χ1n) is 11.7. The lowest BCUT2D eigenvalue weighted by Crippen LogP contribution is -2.37. The molecule has 2 aliphatic rings. The molecule has 5 rings (SSSR count). The molecule has 2 aromatic carbocycles. The van der Waals surface area contributed by atoms with Gasteiger partial charge in [-0.05, 0) is 54.7 Å². The Hall–Kier alpha value is -4.19. The van der Waals surface area contributed by atoms with Crippen molar-refractivity contribution in [3.8, 4) is 5.75 Å². The average Bonchev–Trinajstić information content (AvgIpc) is 2.88. The van der Waals surface area contributed by atoms with E-state index >= 15 is 0 Å². The van der Waals surface area contributed by atoms with Crippen LogP contribution in [0, 0.1) is 0 Å². The smallest absolute Gasteiger partial charge is 0.255 e. The number of allylic oxidation sites excluding steroid dienone is 3. The van der Waals surface area contributed by atoms with Gasteiger partial charge in [0.1, 0.15) is 11.6 Å². The van der Waals surface area contributed by atoms with Crippen LogP contribution in [0.25, 0.3) is 0 Å². The monoisotopic (exact) mass is 465 g/mol. The third-order valence-electron chi connectivity index (χ3n) is 6.70. The number of nitrogens with one attached hydrogen (secondary N) is 2. The van der Waals surface area contributed by atoms with Crippen LogP contribution >= 0.6 is 0 Å². The molecule has 2 heterocycles. The van der Waals surface area contributed by atoms with Gasteiger partial charge in [0.25, 0.3) is 5.91 Å². The van der Waals surface area contributed by atoms with E-state index in [2.05, 4.69) is 15.6 Å². The van der Waals surface area contributed by atoms with Gasteiger partial charge in [-0.3, -0.25) is 9.59 Å². The Morgan fingerprint density at radius 1 is 0.971 bits per heavy atom. The molecule has 3 aromatic rings. The number of Topliss-reactive ketones (excluding diaryl/α,β-unsaturated/α-hetero) is 1. The Balaban J connectivity index is 1.52. The third-order valence-corrected chi connectivity index (χ3v) is 6.70. The van der Waals surface area contributed by atoms with Crippen molar-refractivity contribution in [3.63, 3.8) is 0 Å². The van der Waals surface area contributed by atoms with Gasteiger partial charge >= 0.3 is 0 Å². The molecule has 0 saturated carbocycles. The first-order valence-corrected chi connectivity index (χ1v) is 11.7. The second-order valence-electron chi connectivity index (χ2n) is 8.87. The van der Waals surface area contributed by atoms with Crippen molar-refractivity contribution in [2.24, 2.45) is 0 Å². The van der Waals surface area contributed by atoms with Crippen LogP contribution in [0.4, 0.5) is 5.82 Å². The molecule has 0 saturated heterocycles. The number of dihydropyridines is 1. The summed E-state index contributed by atoms with van der Waals surface area (Å²) in [4.78, 5) is 31.4. The maximum Gasteiger partial charge on any atom is 0.255 e. The van der Waals surface area contributed by atoms with E-state index in [4.69, 9.17) is 4.74 Å². The molecule has 6 heteroatoms. The summed E-state index contributed by atoms with van der Waals surface area (Å²) < 4.78 is 5.28. The molecule has 6 nitrogen and oxygen atoms in total. The molecule has 2 atom stereocenters. The normalized spacial score (nSPS) is 19.7. The lowest BCUT2D eigenvalue weighted by atomic mass is 9.71. The van der Waals surface area contributed by atoms with Crippen molar-refractivity contribution >= 4 is 17.5 Å². The zero-order chi connectivity index (χ0) is 24.4. The van der Waals surface area contributed by atoms with Gasteiger partial charge in [-0.2, -0.15) is 0 Å². The van der Waals surface area contributed by atoms with Crippen molar-refractivity contribution in [2.75, 3.05) is 12.4 Å². The van der Waals surface area contributed by atoms with Crippen molar-refractivity contribution in [3.05, 3.63) is 113 Å². The van der Waals surface area contributed by atoms with E-state index < -0.39 is 5.92 Å². The minimum atomic E-state index is -0.444. The van der Waals surface area contributed by atoms with Crippen molar-refractivity contribution in [2.45, 2.75) is 31.6 Å².